The fourth-order valence-electron chi connectivity index (χ4n) is 6.36. The summed E-state index contributed by atoms with van der Waals surface area (Å²) in [6.45, 7) is 8.62. The summed E-state index contributed by atoms with van der Waals surface area (Å²) < 4.78 is 9.26. The van der Waals surface area contributed by atoms with Crippen LogP contribution in [0.2, 0.25) is 0 Å². The Morgan fingerprint density at radius 2 is 2.15 bits per heavy atom. The first-order valence-electron chi connectivity index (χ1n) is 13.5. The van der Waals surface area contributed by atoms with Gasteiger partial charge in [-0.15, -0.1) is 6.58 Å². The summed E-state index contributed by atoms with van der Waals surface area (Å²) in [5, 5.41) is 14.9. The molecule has 3 aliphatic rings. The number of hydrogen-bond donors (Lipinski definition) is 2. The van der Waals surface area contributed by atoms with Gasteiger partial charge in [-0.3, -0.25) is 4.79 Å². The third-order valence-electron chi connectivity index (χ3n) is 8.30. The molecule has 2 unspecified atom stereocenters. The SMILES string of the molecule is C=CCn1c(=O)c2cnc(Nc3cc4c5c(c3)OCC5CN(C)C4)nc2n1-c1ccc2c(n1)C(O)(CC)CC2. The summed E-state index contributed by atoms with van der Waals surface area (Å²) in [4.78, 5) is 29.8. The van der Waals surface area contributed by atoms with E-state index in [1.165, 1.54) is 11.1 Å². The van der Waals surface area contributed by atoms with Gasteiger partial charge in [0.15, 0.2) is 11.5 Å². The number of nitrogens with zero attached hydrogens (tertiary/aromatic N) is 6. The van der Waals surface area contributed by atoms with Crippen molar-refractivity contribution in [2.75, 3.05) is 25.5 Å². The third kappa shape index (κ3) is 3.70. The number of nitrogens with one attached hydrogen (secondary N) is 1. The predicted octanol–water partition coefficient (Wildman–Crippen LogP) is 3.37. The zero-order valence-electron chi connectivity index (χ0n) is 22.1. The van der Waals surface area contributed by atoms with Crippen molar-refractivity contribution in [2.45, 2.75) is 50.8 Å². The molecular formula is C29H31N7O3. The van der Waals surface area contributed by atoms with E-state index in [1.807, 2.05) is 25.1 Å². The van der Waals surface area contributed by atoms with Gasteiger partial charge in [-0.05, 0) is 49.6 Å². The predicted molar refractivity (Wildman–Crippen MR) is 148 cm³/mol. The molecule has 0 saturated heterocycles. The van der Waals surface area contributed by atoms with Gasteiger partial charge in [0.1, 0.15) is 16.7 Å². The second-order valence-electron chi connectivity index (χ2n) is 10.9. The van der Waals surface area contributed by atoms with Gasteiger partial charge in [0.05, 0.1) is 18.8 Å². The molecule has 2 N–H and O–H groups in total. The number of pyridine rings is 1. The largest absolute Gasteiger partial charge is 0.493 e. The van der Waals surface area contributed by atoms with Crippen LogP contribution in [0.25, 0.3) is 16.9 Å². The first-order chi connectivity index (χ1) is 18.9. The van der Waals surface area contributed by atoms with Crippen LogP contribution in [0.1, 0.15) is 48.1 Å². The molecule has 2 aliphatic heterocycles. The van der Waals surface area contributed by atoms with E-state index in [1.54, 1.807) is 21.6 Å². The molecule has 0 amide bonds. The van der Waals surface area contributed by atoms with E-state index < -0.39 is 5.60 Å². The van der Waals surface area contributed by atoms with Crippen LogP contribution in [0.15, 0.2) is 47.9 Å². The average molecular weight is 526 g/mol. The lowest BCUT2D eigenvalue weighted by molar-refractivity contribution is 0.0306. The first kappa shape index (κ1) is 24.1. The summed E-state index contributed by atoms with van der Waals surface area (Å²) in [5.74, 6) is 2.20. The fourth-order valence-corrected chi connectivity index (χ4v) is 6.36. The summed E-state index contributed by atoms with van der Waals surface area (Å²) in [7, 11) is 2.12. The highest BCUT2D eigenvalue weighted by atomic mass is 16.5. The molecule has 200 valence electrons. The highest BCUT2D eigenvalue weighted by Gasteiger charge is 2.37. The quantitative estimate of drug-likeness (QED) is 0.369. The average Bonchev–Trinajstić information content (AvgIpc) is 3.57. The van der Waals surface area contributed by atoms with Crippen LogP contribution in [0.3, 0.4) is 0 Å². The van der Waals surface area contributed by atoms with E-state index in [0.717, 1.165) is 36.5 Å². The van der Waals surface area contributed by atoms with Crippen LogP contribution in [-0.4, -0.2) is 54.5 Å². The van der Waals surface area contributed by atoms with Crippen LogP contribution >= 0.6 is 0 Å². The minimum atomic E-state index is -0.970. The van der Waals surface area contributed by atoms with Gasteiger partial charge in [0.25, 0.3) is 5.56 Å². The standard InChI is InChI=1S/C29H31N7O3/c1-4-10-35-27(37)21-13-30-28(31-20-11-18-14-34(3)15-19-16-39-22(12-20)24(18)19)33-26(21)36(35)23-7-6-17-8-9-29(38,5-2)25(17)32-23/h4,6-7,11-13,19,38H,1,5,8-10,14-16H2,2-3H3,(H,30,31,33). The minimum Gasteiger partial charge on any atom is -0.493 e. The Bertz CT molecular complexity index is 1710. The summed E-state index contributed by atoms with van der Waals surface area (Å²) in [5.41, 5.74) is 4.32. The van der Waals surface area contributed by atoms with Crippen LogP contribution < -0.4 is 15.6 Å². The number of aryl methyl sites for hydroxylation is 1. The lowest BCUT2D eigenvalue weighted by atomic mass is 9.91. The van der Waals surface area contributed by atoms with Gasteiger partial charge in [0, 0.05) is 42.5 Å². The number of anilines is 2. The first-order valence-corrected chi connectivity index (χ1v) is 13.5. The van der Waals surface area contributed by atoms with Gasteiger partial charge in [-0.1, -0.05) is 19.1 Å². The van der Waals surface area contributed by atoms with Gasteiger partial charge >= 0.3 is 0 Å². The molecule has 2 atom stereocenters. The Balaban J connectivity index is 1.33. The molecule has 0 fully saturated rings. The highest BCUT2D eigenvalue weighted by Crippen LogP contribution is 2.43. The molecular weight excluding hydrogens is 494 g/mol. The van der Waals surface area contributed by atoms with E-state index in [9.17, 15) is 9.90 Å². The van der Waals surface area contributed by atoms with E-state index >= 15 is 0 Å². The number of aromatic nitrogens is 5. The summed E-state index contributed by atoms with van der Waals surface area (Å²) in [6.07, 6.45) is 5.20. The molecule has 7 rings (SSSR count). The molecule has 0 saturated carbocycles. The van der Waals surface area contributed by atoms with Gasteiger partial charge in [0.2, 0.25) is 5.95 Å². The van der Waals surface area contributed by atoms with Crippen molar-refractivity contribution in [3.63, 3.8) is 0 Å². The number of ether oxygens (including phenoxy) is 1. The smallest absolute Gasteiger partial charge is 0.278 e. The van der Waals surface area contributed by atoms with Crippen LogP contribution in [-0.2, 0) is 25.1 Å². The molecule has 0 spiro atoms. The Hall–Kier alpha value is -4.02. The van der Waals surface area contributed by atoms with Gasteiger partial charge in [-0.2, -0.15) is 4.98 Å². The third-order valence-corrected chi connectivity index (χ3v) is 8.30. The lowest BCUT2D eigenvalue weighted by Gasteiger charge is -2.28. The molecule has 5 heterocycles. The molecule has 39 heavy (non-hydrogen) atoms. The van der Waals surface area contributed by atoms with Crippen molar-refractivity contribution in [1.82, 2.24) is 29.2 Å². The summed E-state index contributed by atoms with van der Waals surface area (Å²) >= 11 is 0. The molecule has 1 aliphatic carbocycles. The molecule has 3 aromatic heterocycles. The van der Waals surface area contributed by atoms with E-state index in [-0.39, 0.29) is 12.1 Å². The topological polar surface area (TPSA) is 110 Å². The van der Waals surface area contributed by atoms with Crippen molar-refractivity contribution < 1.29 is 9.84 Å². The van der Waals surface area contributed by atoms with Gasteiger partial charge in [-0.25, -0.2) is 19.3 Å². The van der Waals surface area contributed by atoms with E-state index in [4.69, 9.17) is 14.7 Å². The molecule has 0 radical (unpaired) electrons. The number of hydrogen-bond acceptors (Lipinski definition) is 8. The normalized spacial score (nSPS) is 21.6. The van der Waals surface area contributed by atoms with Crippen molar-refractivity contribution in [3.8, 4) is 11.6 Å². The molecule has 10 nitrogen and oxygen atoms in total. The van der Waals surface area contributed by atoms with Crippen molar-refractivity contribution in [3.05, 3.63) is 75.9 Å². The van der Waals surface area contributed by atoms with E-state index in [2.05, 4.69) is 34.9 Å². The Labute approximate surface area is 225 Å². The Morgan fingerprint density at radius 3 is 2.97 bits per heavy atom. The van der Waals surface area contributed by atoms with Crippen molar-refractivity contribution in [1.29, 1.82) is 0 Å². The number of aliphatic hydroxyl groups is 1. The Kier molecular flexibility index (Phi) is 5.40. The van der Waals surface area contributed by atoms with Crippen molar-refractivity contribution >= 4 is 22.7 Å². The monoisotopic (exact) mass is 525 g/mol. The number of rotatable bonds is 6. The minimum absolute atomic E-state index is 0.228. The molecule has 4 aromatic rings. The molecule has 1 aromatic carbocycles. The number of benzene rings is 1. The number of likely N-dealkylation sites (N-methyl/N-ethyl adjacent to an activating group) is 1. The Morgan fingerprint density at radius 1 is 1.28 bits per heavy atom. The second kappa shape index (κ2) is 8.75. The lowest BCUT2D eigenvalue weighted by Crippen LogP contribution is -2.30. The van der Waals surface area contributed by atoms with Crippen LogP contribution in [0.5, 0.6) is 5.75 Å². The van der Waals surface area contributed by atoms with E-state index in [0.29, 0.717) is 53.9 Å². The maximum Gasteiger partial charge on any atom is 0.278 e. The van der Waals surface area contributed by atoms with Crippen LogP contribution in [0.4, 0.5) is 11.6 Å². The maximum absolute atomic E-state index is 13.4. The zero-order chi connectivity index (χ0) is 26.9. The number of fused-ring (bicyclic) bond motifs is 2. The van der Waals surface area contributed by atoms with Crippen molar-refractivity contribution in [2.24, 2.45) is 0 Å². The summed E-state index contributed by atoms with van der Waals surface area (Å²) in [6, 6.07) is 8.00. The maximum atomic E-state index is 13.4. The molecule has 10 heteroatoms. The zero-order valence-corrected chi connectivity index (χ0v) is 22.1. The van der Waals surface area contributed by atoms with Gasteiger partial charge < -0.3 is 20.1 Å². The molecule has 0 bridgehead atoms. The number of allylic oxidation sites excluding steroid dienone is 1. The highest BCUT2D eigenvalue weighted by molar-refractivity contribution is 5.77. The second-order valence-corrected chi connectivity index (χ2v) is 10.9. The van der Waals surface area contributed by atoms with Crippen LogP contribution in [0, 0.1) is 0 Å². The fraction of sp³-hybridized carbons (Fsp3) is 0.379.